The summed E-state index contributed by atoms with van der Waals surface area (Å²) in [7, 11) is -3.85. The quantitative estimate of drug-likeness (QED) is 0.841. The van der Waals surface area contributed by atoms with E-state index in [0.717, 1.165) is 5.56 Å². The van der Waals surface area contributed by atoms with Crippen LogP contribution in [0.3, 0.4) is 0 Å². The van der Waals surface area contributed by atoms with E-state index in [1.165, 1.54) is 6.07 Å². The summed E-state index contributed by atoms with van der Waals surface area (Å²) in [6.45, 7) is 3.48. The third-order valence-electron chi connectivity index (χ3n) is 3.05. The average Bonchev–Trinajstić information content (AvgIpc) is 2.48. The average molecular weight is 339 g/mol. The number of nitrogens with one attached hydrogen (secondary N) is 2. The van der Waals surface area contributed by atoms with Gasteiger partial charge in [0.15, 0.2) is 0 Å². The van der Waals surface area contributed by atoms with Crippen molar-refractivity contribution >= 4 is 27.5 Å². The molecule has 0 saturated heterocycles. The fraction of sp³-hybridized carbons (Fsp3) is 0.133. The van der Waals surface area contributed by atoms with Gasteiger partial charge in [-0.05, 0) is 43.2 Å². The largest absolute Gasteiger partial charge is 0.273 e. The van der Waals surface area contributed by atoms with Crippen LogP contribution in [-0.2, 0) is 10.0 Å². The van der Waals surface area contributed by atoms with Crippen LogP contribution < -0.4 is 10.3 Å². The first-order chi connectivity index (χ1) is 10.3. The zero-order valence-corrected chi connectivity index (χ0v) is 13.6. The second-order valence-electron chi connectivity index (χ2n) is 4.81. The number of carbonyl (C=O) groups excluding carboxylic acids is 1. The van der Waals surface area contributed by atoms with Gasteiger partial charge in [0.1, 0.15) is 0 Å². The number of carbonyl (C=O) groups is 1. The first kappa shape index (κ1) is 16.5. The van der Waals surface area contributed by atoms with Crippen LogP contribution in [0.2, 0.25) is 5.02 Å². The monoisotopic (exact) mass is 338 g/mol. The standard InChI is InChI=1S/C15H15ClN2O3S/c1-10-7-8-11(2)14(9-10)22(20,21)18-17-15(19)12-5-3-4-6-13(12)16/h3-9,18H,1-2H3,(H,17,19). The van der Waals surface area contributed by atoms with Gasteiger partial charge in [-0.3, -0.25) is 10.2 Å². The highest BCUT2D eigenvalue weighted by Gasteiger charge is 2.19. The minimum absolute atomic E-state index is 0.118. The van der Waals surface area contributed by atoms with Crippen molar-refractivity contribution in [1.29, 1.82) is 0 Å². The van der Waals surface area contributed by atoms with Gasteiger partial charge in [0.05, 0.1) is 15.5 Å². The van der Waals surface area contributed by atoms with Crippen LogP contribution in [-0.4, -0.2) is 14.3 Å². The molecule has 0 aliphatic heterocycles. The van der Waals surface area contributed by atoms with Gasteiger partial charge in [0.25, 0.3) is 15.9 Å². The number of hydrogen-bond donors (Lipinski definition) is 2. The predicted octanol–water partition coefficient (Wildman–Crippen LogP) is 2.58. The molecule has 116 valence electrons. The summed E-state index contributed by atoms with van der Waals surface area (Å²) in [4.78, 5) is 14.2. The molecular weight excluding hydrogens is 324 g/mol. The second kappa shape index (κ2) is 6.48. The molecule has 0 aliphatic carbocycles. The molecule has 0 unspecified atom stereocenters. The molecule has 0 bridgehead atoms. The number of aryl methyl sites for hydroxylation is 2. The second-order valence-corrected chi connectivity index (χ2v) is 6.87. The van der Waals surface area contributed by atoms with E-state index in [4.69, 9.17) is 11.6 Å². The van der Waals surface area contributed by atoms with Gasteiger partial charge in [-0.15, -0.1) is 4.83 Å². The van der Waals surface area contributed by atoms with Crippen LogP contribution in [0.15, 0.2) is 47.4 Å². The van der Waals surface area contributed by atoms with Crippen molar-refractivity contribution in [1.82, 2.24) is 10.3 Å². The Balaban J connectivity index is 2.18. The number of amides is 1. The van der Waals surface area contributed by atoms with Crippen LogP contribution in [0.4, 0.5) is 0 Å². The van der Waals surface area contributed by atoms with E-state index in [2.05, 4.69) is 10.3 Å². The van der Waals surface area contributed by atoms with Crippen molar-refractivity contribution in [2.45, 2.75) is 18.7 Å². The number of benzene rings is 2. The van der Waals surface area contributed by atoms with E-state index < -0.39 is 15.9 Å². The van der Waals surface area contributed by atoms with Gasteiger partial charge in [-0.1, -0.05) is 35.9 Å². The number of sulfonamides is 1. The Kier molecular flexibility index (Phi) is 4.85. The number of halogens is 1. The maximum atomic E-state index is 12.3. The smallest absolute Gasteiger partial charge is 0.267 e. The van der Waals surface area contributed by atoms with E-state index >= 15 is 0 Å². The van der Waals surface area contributed by atoms with E-state index in [0.29, 0.717) is 5.56 Å². The lowest BCUT2D eigenvalue weighted by Gasteiger charge is -2.11. The minimum atomic E-state index is -3.85. The first-order valence-electron chi connectivity index (χ1n) is 6.45. The van der Waals surface area contributed by atoms with Gasteiger partial charge < -0.3 is 0 Å². The SMILES string of the molecule is Cc1ccc(C)c(S(=O)(=O)NNC(=O)c2ccccc2Cl)c1. The topological polar surface area (TPSA) is 75.3 Å². The molecule has 2 N–H and O–H groups in total. The third-order valence-corrected chi connectivity index (χ3v) is 4.77. The molecule has 7 heteroatoms. The fourth-order valence-corrected chi connectivity index (χ4v) is 3.27. The highest BCUT2D eigenvalue weighted by atomic mass is 35.5. The minimum Gasteiger partial charge on any atom is -0.273 e. The molecule has 2 aromatic rings. The molecule has 0 spiro atoms. The lowest BCUT2D eigenvalue weighted by atomic mass is 10.2. The Morgan fingerprint density at radius 2 is 1.77 bits per heavy atom. The summed E-state index contributed by atoms with van der Waals surface area (Å²) in [6, 6.07) is 11.4. The Morgan fingerprint density at radius 3 is 2.45 bits per heavy atom. The lowest BCUT2D eigenvalue weighted by Crippen LogP contribution is -2.41. The van der Waals surface area contributed by atoms with Crippen molar-refractivity contribution < 1.29 is 13.2 Å². The van der Waals surface area contributed by atoms with E-state index in [9.17, 15) is 13.2 Å². The molecule has 1 amide bonds. The molecule has 2 rings (SSSR count). The Hall–Kier alpha value is -1.89. The van der Waals surface area contributed by atoms with Crippen LogP contribution in [0, 0.1) is 13.8 Å². The summed E-state index contributed by atoms with van der Waals surface area (Å²) in [6.07, 6.45) is 0. The third kappa shape index (κ3) is 3.65. The molecule has 0 saturated carbocycles. The molecule has 0 heterocycles. The summed E-state index contributed by atoms with van der Waals surface area (Å²) in [5.41, 5.74) is 3.75. The number of rotatable bonds is 4. The molecule has 0 aromatic heterocycles. The highest BCUT2D eigenvalue weighted by Crippen LogP contribution is 2.17. The first-order valence-corrected chi connectivity index (χ1v) is 8.31. The van der Waals surface area contributed by atoms with Crippen molar-refractivity contribution in [3.8, 4) is 0 Å². The van der Waals surface area contributed by atoms with Crippen LogP contribution in [0.1, 0.15) is 21.5 Å². The van der Waals surface area contributed by atoms with Gasteiger partial charge in [-0.25, -0.2) is 8.42 Å². The molecule has 2 aromatic carbocycles. The maximum absolute atomic E-state index is 12.3. The van der Waals surface area contributed by atoms with Gasteiger partial charge in [-0.2, -0.15) is 0 Å². The molecule has 0 aliphatic rings. The fourth-order valence-electron chi connectivity index (χ4n) is 1.88. The van der Waals surface area contributed by atoms with Gasteiger partial charge in [0.2, 0.25) is 0 Å². The summed E-state index contributed by atoms with van der Waals surface area (Å²) >= 11 is 5.89. The summed E-state index contributed by atoms with van der Waals surface area (Å²) < 4.78 is 24.5. The molecule has 0 atom stereocenters. The Morgan fingerprint density at radius 1 is 1.09 bits per heavy atom. The van der Waals surface area contributed by atoms with E-state index in [1.807, 2.05) is 6.07 Å². The molecule has 5 nitrogen and oxygen atoms in total. The normalized spacial score (nSPS) is 11.2. The van der Waals surface area contributed by atoms with E-state index in [1.54, 1.807) is 44.2 Å². The lowest BCUT2D eigenvalue weighted by molar-refractivity contribution is 0.0945. The van der Waals surface area contributed by atoms with Gasteiger partial charge >= 0.3 is 0 Å². The van der Waals surface area contributed by atoms with Crippen molar-refractivity contribution in [2.75, 3.05) is 0 Å². The Bertz CT molecular complexity index is 819. The predicted molar refractivity (Wildman–Crippen MR) is 85.2 cm³/mol. The highest BCUT2D eigenvalue weighted by molar-refractivity contribution is 7.89. The number of hydrazine groups is 1. The molecule has 22 heavy (non-hydrogen) atoms. The zero-order valence-electron chi connectivity index (χ0n) is 12.1. The van der Waals surface area contributed by atoms with Crippen LogP contribution in [0.5, 0.6) is 0 Å². The zero-order chi connectivity index (χ0) is 16.3. The Labute approximate surface area is 134 Å². The van der Waals surface area contributed by atoms with Crippen LogP contribution in [0.25, 0.3) is 0 Å². The molecule has 0 fully saturated rings. The summed E-state index contributed by atoms with van der Waals surface area (Å²) in [5.74, 6) is -0.625. The van der Waals surface area contributed by atoms with E-state index in [-0.39, 0.29) is 15.5 Å². The maximum Gasteiger partial charge on any atom is 0.267 e. The number of hydrogen-bond acceptors (Lipinski definition) is 3. The van der Waals surface area contributed by atoms with Crippen molar-refractivity contribution in [3.05, 3.63) is 64.2 Å². The molecular formula is C15H15ClN2O3S. The van der Waals surface area contributed by atoms with Crippen molar-refractivity contribution in [2.24, 2.45) is 0 Å². The van der Waals surface area contributed by atoms with Crippen molar-refractivity contribution in [3.63, 3.8) is 0 Å². The van der Waals surface area contributed by atoms with Gasteiger partial charge in [0, 0.05) is 0 Å². The van der Waals surface area contributed by atoms with Crippen LogP contribution >= 0.6 is 11.6 Å². The molecule has 0 radical (unpaired) electrons. The summed E-state index contributed by atoms with van der Waals surface area (Å²) in [5, 5.41) is 0.242.